The van der Waals surface area contributed by atoms with Crippen LogP contribution in [0.15, 0.2) is 49.2 Å². The minimum absolute atomic E-state index is 0.200. The lowest BCUT2D eigenvalue weighted by Crippen LogP contribution is -2.54. The summed E-state index contributed by atoms with van der Waals surface area (Å²) in [7, 11) is 5.86. The van der Waals surface area contributed by atoms with Gasteiger partial charge in [-0.05, 0) is 90.3 Å². The minimum atomic E-state index is -0.667. The van der Waals surface area contributed by atoms with Crippen LogP contribution in [0.25, 0.3) is 22.5 Å². The van der Waals surface area contributed by atoms with E-state index < -0.39 is 11.8 Å². The fourth-order valence-electron chi connectivity index (χ4n) is 11.6. The average molecular weight is 1000 g/mol. The summed E-state index contributed by atoms with van der Waals surface area (Å²) in [5.74, 6) is -1.19. The van der Waals surface area contributed by atoms with E-state index in [9.17, 15) is 22.8 Å². The summed E-state index contributed by atoms with van der Waals surface area (Å²) in [6, 6.07) is 7.61. The number of aromatic nitrogens is 5. The molecule has 394 valence electrons. The van der Waals surface area contributed by atoms with Crippen LogP contribution in [-0.2, 0) is 19.1 Å². The van der Waals surface area contributed by atoms with E-state index in [-0.39, 0.29) is 17.3 Å². The number of ether oxygens (including phenoxy) is 3. The normalized spacial score (nSPS) is 21.3. The molecule has 4 aromatic rings. The van der Waals surface area contributed by atoms with Crippen molar-refractivity contribution in [1.82, 2.24) is 44.5 Å². The number of aryl methyl sites for hydroxylation is 1. The summed E-state index contributed by atoms with van der Waals surface area (Å²) in [4.78, 5) is 53.7. The lowest BCUT2D eigenvalue weighted by atomic mass is 9.78. The highest BCUT2D eigenvalue weighted by Gasteiger charge is 2.49. The molecule has 0 radical (unpaired) electrons. The van der Waals surface area contributed by atoms with Gasteiger partial charge in [-0.1, -0.05) is 13.8 Å². The highest BCUT2D eigenvalue weighted by molar-refractivity contribution is 5.76. The van der Waals surface area contributed by atoms with Crippen molar-refractivity contribution in [2.75, 3.05) is 123 Å². The quantitative estimate of drug-likeness (QED) is 0.112. The van der Waals surface area contributed by atoms with Gasteiger partial charge in [0.15, 0.2) is 0 Å². The van der Waals surface area contributed by atoms with Gasteiger partial charge >= 0.3 is 0 Å². The van der Waals surface area contributed by atoms with Crippen molar-refractivity contribution in [3.8, 4) is 28.4 Å². The van der Waals surface area contributed by atoms with E-state index in [2.05, 4.69) is 77.9 Å². The van der Waals surface area contributed by atoms with Gasteiger partial charge in [0.25, 0.3) is 12.9 Å². The number of hydrogen-bond donors (Lipinski definition) is 0. The Hall–Kier alpha value is -5.50. The van der Waals surface area contributed by atoms with Gasteiger partial charge in [-0.25, -0.2) is 18.7 Å². The predicted octanol–water partition coefficient (Wildman–Crippen LogP) is 7.01. The summed E-state index contributed by atoms with van der Waals surface area (Å²) in [5.41, 5.74) is 5.77. The Morgan fingerprint density at radius 1 is 0.667 bits per heavy atom. The smallest absolute Gasteiger partial charge is 0.293 e. The SMILES string of the molecule is CC.CCOC=O.CCOC=O.COc1ccc(-c2ncc(F)cc2N2CCN(C3CCC4(C3)CN(C)C4)CC2)c(F)n1.Cc1ncncc1-c1ncc(F)cc1N1CCN(C2CCC3(C2)CN(C)C3)CC1. The number of rotatable bonds is 11. The van der Waals surface area contributed by atoms with E-state index in [0.717, 1.165) is 81.2 Å². The highest BCUT2D eigenvalue weighted by Crippen LogP contribution is 2.48. The molecule has 2 saturated carbocycles. The van der Waals surface area contributed by atoms with Crippen LogP contribution in [0.3, 0.4) is 0 Å². The Balaban J connectivity index is 0.000000193. The van der Waals surface area contributed by atoms with Crippen molar-refractivity contribution in [1.29, 1.82) is 0 Å². The van der Waals surface area contributed by atoms with E-state index >= 15 is 0 Å². The van der Waals surface area contributed by atoms with Gasteiger partial charge in [-0.3, -0.25) is 29.4 Å². The van der Waals surface area contributed by atoms with Gasteiger partial charge in [-0.15, -0.1) is 0 Å². The molecule has 2 atom stereocenters. The minimum Gasteiger partial charge on any atom is -0.481 e. The zero-order valence-corrected chi connectivity index (χ0v) is 43.7. The third-order valence-corrected chi connectivity index (χ3v) is 14.7. The molecule has 6 aliphatic rings. The lowest BCUT2D eigenvalue weighted by molar-refractivity contribution is -0.129. The molecule has 2 unspecified atom stereocenters. The Labute approximate surface area is 424 Å². The number of piperazine rings is 2. The molecule has 2 aliphatic carbocycles. The predicted molar refractivity (Wildman–Crippen MR) is 273 cm³/mol. The van der Waals surface area contributed by atoms with Gasteiger partial charge in [0.1, 0.15) is 18.0 Å². The molecule has 0 bridgehead atoms. The molecule has 0 N–H and O–H groups in total. The fraction of sp³-hybridized carbons (Fsp3) is 0.604. The molecule has 72 heavy (non-hydrogen) atoms. The molecule has 0 amide bonds. The molecule has 10 rings (SSSR count). The van der Waals surface area contributed by atoms with Gasteiger partial charge in [-0.2, -0.15) is 9.37 Å². The van der Waals surface area contributed by atoms with E-state index in [0.29, 0.717) is 60.5 Å². The molecule has 19 heteroatoms. The molecule has 4 saturated heterocycles. The summed E-state index contributed by atoms with van der Waals surface area (Å²) < 4.78 is 56.1. The van der Waals surface area contributed by atoms with E-state index in [4.69, 9.17) is 4.74 Å². The topological polar surface area (TPSA) is 146 Å². The van der Waals surface area contributed by atoms with Crippen LogP contribution in [0.1, 0.15) is 71.9 Å². The van der Waals surface area contributed by atoms with Crippen LogP contribution in [0.4, 0.5) is 24.5 Å². The van der Waals surface area contributed by atoms with Gasteiger partial charge in [0.2, 0.25) is 11.8 Å². The summed E-state index contributed by atoms with van der Waals surface area (Å²) in [6.07, 6.45) is 13.6. The molecular formula is C53H76F3N11O5. The first-order valence-electron chi connectivity index (χ1n) is 25.6. The standard InChI is InChI=1S/C23H29F2N5O.C22H29FN6.2C3H6O2.C2H6/c1-28-14-23(15-28)6-5-17(12-23)29-7-9-30(10-8-29)19-11-16(24)13-26-21(19)18-3-4-20(31-2)27-22(18)25;1-16-19(12-24-15-26-16)21-20(9-17(23)11-25-21)29-7-5-28(6-8-29)18-3-4-22(10-18)13-27(2)14-22;2*1-2-5-3-4;1-2/h3-4,11,13,17H,5-10,12,14-15H2,1-2H3;9,11-12,15,18H,3-8,10,13-14H2,1-2H3;2*3H,2H2,1H3;1-2H3. The molecule has 16 nitrogen and oxygen atoms in total. The number of carbonyl (C=O) groups is 2. The van der Waals surface area contributed by atoms with Crippen LogP contribution in [0.5, 0.6) is 5.88 Å². The second kappa shape index (κ2) is 26.5. The largest absolute Gasteiger partial charge is 0.481 e. The molecule has 0 aromatic carbocycles. The third kappa shape index (κ3) is 14.0. The number of hydrogen-bond acceptors (Lipinski definition) is 16. The Morgan fingerprint density at radius 2 is 1.12 bits per heavy atom. The van der Waals surface area contributed by atoms with Crippen molar-refractivity contribution in [2.24, 2.45) is 10.8 Å². The second-order valence-corrected chi connectivity index (χ2v) is 19.5. The maximum absolute atomic E-state index is 14.6. The first-order chi connectivity index (χ1) is 34.8. The molecular weight excluding hydrogens is 928 g/mol. The average Bonchev–Trinajstić information content (AvgIpc) is 4.03. The van der Waals surface area contributed by atoms with Crippen molar-refractivity contribution in [2.45, 2.75) is 85.2 Å². The third-order valence-electron chi connectivity index (χ3n) is 14.7. The number of pyridine rings is 3. The van der Waals surface area contributed by atoms with Gasteiger partial charge in [0, 0.05) is 121 Å². The van der Waals surface area contributed by atoms with E-state index in [1.165, 1.54) is 90.4 Å². The summed E-state index contributed by atoms with van der Waals surface area (Å²) in [6.45, 7) is 23.5. The number of nitrogens with zero attached hydrogens (tertiary/aromatic N) is 11. The molecule has 4 aliphatic heterocycles. The van der Waals surface area contributed by atoms with Crippen molar-refractivity contribution in [3.05, 3.63) is 72.5 Å². The lowest BCUT2D eigenvalue weighted by Gasteiger charge is -2.47. The Morgan fingerprint density at radius 3 is 1.50 bits per heavy atom. The maximum Gasteiger partial charge on any atom is 0.293 e. The first kappa shape index (κ1) is 55.8. The maximum atomic E-state index is 14.6. The molecule has 4 aromatic heterocycles. The van der Waals surface area contributed by atoms with Crippen LogP contribution in [0, 0.1) is 35.3 Å². The van der Waals surface area contributed by atoms with E-state index in [1.54, 1.807) is 38.2 Å². The highest BCUT2D eigenvalue weighted by atomic mass is 19.1. The Bertz CT molecular complexity index is 2330. The van der Waals surface area contributed by atoms with Gasteiger partial charge in [0.05, 0.1) is 66.7 Å². The summed E-state index contributed by atoms with van der Waals surface area (Å²) in [5, 5.41) is 0. The second-order valence-electron chi connectivity index (χ2n) is 19.5. The van der Waals surface area contributed by atoms with Crippen LogP contribution < -0.4 is 14.5 Å². The molecule has 2 spiro atoms. The zero-order chi connectivity index (χ0) is 51.8. The number of carbonyl (C=O) groups excluding carboxylic acids is 2. The number of halogens is 3. The Kier molecular flexibility index (Phi) is 20.5. The fourth-order valence-corrected chi connectivity index (χ4v) is 11.6. The van der Waals surface area contributed by atoms with Crippen LogP contribution >= 0.6 is 0 Å². The molecule has 6 fully saturated rings. The van der Waals surface area contributed by atoms with Crippen LogP contribution in [0.2, 0.25) is 0 Å². The van der Waals surface area contributed by atoms with Crippen LogP contribution in [-0.4, -0.2) is 183 Å². The van der Waals surface area contributed by atoms with Crippen molar-refractivity contribution < 1.29 is 37.0 Å². The number of methoxy groups -OCH3 is 1. The van der Waals surface area contributed by atoms with Crippen molar-refractivity contribution >= 4 is 24.3 Å². The number of likely N-dealkylation sites (tertiary alicyclic amines) is 2. The first-order valence-corrected chi connectivity index (χ1v) is 25.6. The number of anilines is 2. The van der Waals surface area contributed by atoms with E-state index in [1.807, 2.05) is 20.8 Å². The molecule has 8 heterocycles. The van der Waals surface area contributed by atoms with Gasteiger partial charge < -0.3 is 33.8 Å². The zero-order valence-electron chi connectivity index (χ0n) is 43.7. The monoisotopic (exact) mass is 1000 g/mol. The summed E-state index contributed by atoms with van der Waals surface area (Å²) >= 11 is 0. The van der Waals surface area contributed by atoms with Crippen molar-refractivity contribution in [3.63, 3.8) is 0 Å².